The first-order valence-electron chi connectivity index (χ1n) is 4.75. The number of nitrogen functional groups attached to an aromatic ring is 1. The summed E-state index contributed by atoms with van der Waals surface area (Å²) in [4.78, 5) is 15.5. The minimum Gasteiger partial charge on any atom is -0.289 e. The van der Waals surface area contributed by atoms with Gasteiger partial charge in [-0.2, -0.15) is 0 Å². The highest BCUT2D eigenvalue weighted by Crippen LogP contribution is 2.26. The van der Waals surface area contributed by atoms with Crippen LogP contribution in [0.15, 0.2) is 29.6 Å². The molecular weight excluding hydrogens is 222 g/mol. The molecule has 2 rings (SSSR count). The van der Waals surface area contributed by atoms with Gasteiger partial charge in [-0.15, -0.1) is 11.3 Å². The maximum atomic E-state index is 11.3. The zero-order chi connectivity index (χ0) is 11.5. The maximum absolute atomic E-state index is 11.3. The van der Waals surface area contributed by atoms with Gasteiger partial charge in [-0.1, -0.05) is 24.3 Å². The number of carbonyl (C=O) groups is 1. The third-order valence-electron chi connectivity index (χ3n) is 2.24. The molecule has 4 nitrogen and oxygen atoms in total. The normalized spacial score (nSPS) is 10.1. The molecule has 0 unspecified atom stereocenters. The Hall–Kier alpha value is -1.72. The summed E-state index contributed by atoms with van der Waals surface area (Å²) in [6.45, 7) is 2.01. The molecule has 2 aromatic rings. The number of hydrogen-bond acceptors (Lipinski definition) is 4. The number of aromatic nitrogens is 1. The number of nitrogens with one attached hydrogen (secondary N) is 1. The number of carbonyl (C=O) groups excluding carboxylic acids is 1. The molecule has 0 aliphatic carbocycles. The van der Waals surface area contributed by atoms with Crippen molar-refractivity contribution in [3.8, 4) is 10.6 Å². The number of rotatable bonds is 2. The van der Waals surface area contributed by atoms with Crippen LogP contribution in [0.3, 0.4) is 0 Å². The van der Waals surface area contributed by atoms with Gasteiger partial charge in [0, 0.05) is 10.9 Å². The van der Waals surface area contributed by atoms with Crippen molar-refractivity contribution < 1.29 is 4.79 Å². The second-order valence-electron chi connectivity index (χ2n) is 3.33. The van der Waals surface area contributed by atoms with E-state index in [0.717, 1.165) is 16.1 Å². The molecule has 0 radical (unpaired) electrons. The standard InChI is InChI=1S/C11H11N3OS/c1-7-4-2-3-5-8(7)11-13-9(6-16-11)10(15)14-12/h2-6H,12H2,1H3,(H,14,15). The molecule has 1 amide bonds. The van der Waals surface area contributed by atoms with E-state index < -0.39 is 0 Å². The number of aryl methyl sites for hydroxylation is 1. The minimum atomic E-state index is -0.365. The van der Waals surface area contributed by atoms with Crippen molar-refractivity contribution in [2.45, 2.75) is 6.92 Å². The van der Waals surface area contributed by atoms with E-state index in [-0.39, 0.29) is 5.91 Å². The van der Waals surface area contributed by atoms with Crippen LogP contribution >= 0.6 is 11.3 Å². The number of amides is 1. The Bertz CT molecular complexity index is 521. The first-order chi connectivity index (χ1) is 7.72. The lowest BCUT2D eigenvalue weighted by Gasteiger charge is -2.00. The van der Waals surface area contributed by atoms with Crippen LogP contribution in [-0.2, 0) is 0 Å². The summed E-state index contributed by atoms with van der Waals surface area (Å²) in [6, 6.07) is 7.92. The average molecular weight is 233 g/mol. The number of thiazole rings is 1. The lowest BCUT2D eigenvalue weighted by atomic mass is 10.1. The highest BCUT2D eigenvalue weighted by molar-refractivity contribution is 7.13. The molecule has 0 spiro atoms. The van der Waals surface area contributed by atoms with Gasteiger partial charge < -0.3 is 0 Å². The van der Waals surface area contributed by atoms with Crippen molar-refractivity contribution in [3.63, 3.8) is 0 Å². The lowest BCUT2D eigenvalue weighted by Crippen LogP contribution is -2.30. The zero-order valence-corrected chi connectivity index (χ0v) is 9.54. The third kappa shape index (κ3) is 1.95. The molecule has 0 bridgehead atoms. The average Bonchev–Trinajstić information content (AvgIpc) is 2.78. The molecule has 16 heavy (non-hydrogen) atoms. The second-order valence-corrected chi connectivity index (χ2v) is 4.18. The van der Waals surface area contributed by atoms with Gasteiger partial charge in [-0.25, -0.2) is 10.8 Å². The third-order valence-corrected chi connectivity index (χ3v) is 3.12. The summed E-state index contributed by atoms with van der Waals surface area (Å²) >= 11 is 1.43. The molecule has 1 aromatic heterocycles. The van der Waals surface area contributed by atoms with E-state index in [0.29, 0.717) is 5.69 Å². The summed E-state index contributed by atoms with van der Waals surface area (Å²) in [5.74, 6) is 4.68. The summed E-state index contributed by atoms with van der Waals surface area (Å²) in [6.07, 6.45) is 0. The zero-order valence-electron chi connectivity index (χ0n) is 8.73. The van der Waals surface area contributed by atoms with Crippen molar-refractivity contribution >= 4 is 17.2 Å². The summed E-state index contributed by atoms with van der Waals surface area (Å²) < 4.78 is 0. The molecule has 5 heteroatoms. The molecule has 1 aromatic carbocycles. The number of nitrogens with zero attached hydrogens (tertiary/aromatic N) is 1. The van der Waals surface area contributed by atoms with E-state index in [2.05, 4.69) is 10.4 Å². The smallest absolute Gasteiger partial charge is 0.284 e. The lowest BCUT2D eigenvalue weighted by molar-refractivity contribution is 0.0949. The second kappa shape index (κ2) is 4.42. The van der Waals surface area contributed by atoms with Gasteiger partial charge in [0.1, 0.15) is 10.7 Å². The van der Waals surface area contributed by atoms with Gasteiger partial charge in [0.05, 0.1) is 0 Å². The van der Waals surface area contributed by atoms with Crippen molar-refractivity contribution in [1.29, 1.82) is 0 Å². The molecule has 0 atom stereocenters. The van der Waals surface area contributed by atoms with Gasteiger partial charge >= 0.3 is 0 Å². The van der Waals surface area contributed by atoms with E-state index >= 15 is 0 Å². The van der Waals surface area contributed by atoms with E-state index in [1.807, 2.05) is 31.2 Å². The summed E-state index contributed by atoms with van der Waals surface area (Å²) in [5.41, 5.74) is 4.60. The van der Waals surface area contributed by atoms with Gasteiger partial charge in [-0.05, 0) is 12.5 Å². The molecule has 0 aliphatic heterocycles. The van der Waals surface area contributed by atoms with Crippen molar-refractivity contribution in [3.05, 3.63) is 40.9 Å². The minimum absolute atomic E-state index is 0.353. The van der Waals surface area contributed by atoms with Crippen LogP contribution < -0.4 is 11.3 Å². The van der Waals surface area contributed by atoms with E-state index in [1.54, 1.807) is 5.38 Å². The first kappa shape index (κ1) is 10.8. The van der Waals surface area contributed by atoms with Crippen LogP contribution in [0.2, 0.25) is 0 Å². The van der Waals surface area contributed by atoms with Gasteiger partial charge in [-0.3, -0.25) is 10.2 Å². The fourth-order valence-corrected chi connectivity index (χ4v) is 2.28. The fourth-order valence-electron chi connectivity index (χ4n) is 1.39. The van der Waals surface area contributed by atoms with Gasteiger partial charge in [0.2, 0.25) is 0 Å². The Morgan fingerprint density at radius 1 is 1.44 bits per heavy atom. The Morgan fingerprint density at radius 2 is 2.19 bits per heavy atom. The molecule has 0 saturated heterocycles. The van der Waals surface area contributed by atoms with Gasteiger partial charge in [0.15, 0.2) is 0 Å². The monoisotopic (exact) mass is 233 g/mol. The van der Waals surface area contributed by atoms with Crippen LogP contribution in [0, 0.1) is 6.92 Å². The van der Waals surface area contributed by atoms with Crippen molar-refractivity contribution in [2.24, 2.45) is 5.84 Å². The van der Waals surface area contributed by atoms with Crippen molar-refractivity contribution in [1.82, 2.24) is 10.4 Å². The molecule has 3 N–H and O–H groups in total. The summed E-state index contributed by atoms with van der Waals surface area (Å²) in [5, 5.41) is 2.53. The Morgan fingerprint density at radius 3 is 2.88 bits per heavy atom. The number of benzene rings is 1. The Kier molecular flexibility index (Phi) is 2.98. The fraction of sp³-hybridized carbons (Fsp3) is 0.0909. The quantitative estimate of drug-likeness (QED) is 0.471. The van der Waals surface area contributed by atoms with Crippen LogP contribution in [-0.4, -0.2) is 10.9 Å². The highest BCUT2D eigenvalue weighted by atomic mass is 32.1. The molecule has 0 saturated carbocycles. The molecule has 1 heterocycles. The van der Waals surface area contributed by atoms with E-state index in [4.69, 9.17) is 5.84 Å². The van der Waals surface area contributed by atoms with E-state index in [9.17, 15) is 4.79 Å². The maximum Gasteiger partial charge on any atom is 0.284 e. The molecule has 0 fully saturated rings. The highest BCUT2D eigenvalue weighted by Gasteiger charge is 2.11. The SMILES string of the molecule is Cc1ccccc1-c1nc(C(=O)NN)cs1. The van der Waals surface area contributed by atoms with Crippen LogP contribution in [0.1, 0.15) is 16.1 Å². The van der Waals surface area contributed by atoms with Crippen LogP contribution in [0.5, 0.6) is 0 Å². The van der Waals surface area contributed by atoms with Crippen LogP contribution in [0.4, 0.5) is 0 Å². The molecular formula is C11H11N3OS. The Balaban J connectivity index is 2.39. The largest absolute Gasteiger partial charge is 0.289 e. The summed E-state index contributed by atoms with van der Waals surface area (Å²) in [7, 11) is 0. The van der Waals surface area contributed by atoms with E-state index in [1.165, 1.54) is 11.3 Å². The van der Waals surface area contributed by atoms with Gasteiger partial charge in [0.25, 0.3) is 5.91 Å². The molecule has 0 aliphatic rings. The van der Waals surface area contributed by atoms with Crippen molar-refractivity contribution in [2.75, 3.05) is 0 Å². The Labute approximate surface area is 97.1 Å². The molecule has 82 valence electrons. The number of hydrazine groups is 1. The predicted octanol–water partition coefficient (Wildman–Crippen LogP) is 1.72. The van der Waals surface area contributed by atoms with Crippen LogP contribution in [0.25, 0.3) is 10.6 Å². The predicted molar refractivity (Wildman–Crippen MR) is 63.9 cm³/mol. The number of nitrogens with two attached hydrogens (primary N) is 1. The topological polar surface area (TPSA) is 68.0 Å². The number of hydrogen-bond donors (Lipinski definition) is 2. The first-order valence-corrected chi connectivity index (χ1v) is 5.63.